The monoisotopic (exact) mass is 297 g/mol. The first-order valence-corrected chi connectivity index (χ1v) is 7.11. The van der Waals surface area contributed by atoms with E-state index >= 15 is 0 Å². The number of nitro groups is 1. The number of thioether (sulfide) groups is 1. The van der Waals surface area contributed by atoms with Gasteiger partial charge in [0, 0.05) is 16.7 Å². The van der Waals surface area contributed by atoms with E-state index in [1.165, 1.54) is 31.0 Å². The Morgan fingerprint density at radius 2 is 2.20 bits per heavy atom. The molecule has 0 spiro atoms. The van der Waals surface area contributed by atoms with Crippen molar-refractivity contribution in [2.24, 2.45) is 5.41 Å². The zero-order chi connectivity index (χ0) is 14.8. The van der Waals surface area contributed by atoms with Crippen molar-refractivity contribution in [3.05, 3.63) is 28.3 Å². The summed E-state index contributed by atoms with van der Waals surface area (Å²) < 4.78 is 5.05. The van der Waals surface area contributed by atoms with Gasteiger partial charge in [-0.05, 0) is 24.3 Å². The summed E-state index contributed by atoms with van der Waals surface area (Å²) in [6.45, 7) is 0. The topological polar surface area (TPSA) is 89.7 Å². The number of benzene rings is 1. The van der Waals surface area contributed by atoms with Gasteiger partial charge >= 0.3 is 5.97 Å². The van der Waals surface area contributed by atoms with E-state index in [1.807, 2.05) is 0 Å². The quantitative estimate of drug-likeness (QED) is 0.473. The van der Waals surface area contributed by atoms with Gasteiger partial charge in [0.2, 0.25) is 0 Å². The highest BCUT2D eigenvalue weighted by molar-refractivity contribution is 7.99. The molecule has 1 aliphatic carbocycles. The van der Waals surface area contributed by atoms with E-state index in [0.717, 1.165) is 17.7 Å². The molecule has 0 heterocycles. The van der Waals surface area contributed by atoms with Crippen molar-refractivity contribution in [1.29, 1.82) is 0 Å². The number of non-ortho nitro benzene ring substituents is 1. The van der Waals surface area contributed by atoms with E-state index in [1.54, 1.807) is 6.07 Å². The summed E-state index contributed by atoms with van der Waals surface area (Å²) in [6, 6.07) is 4.59. The molecule has 0 radical (unpaired) electrons. The lowest BCUT2D eigenvalue weighted by atomic mass is 10.1. The average Bonchev–Trinajstić information content (AvgIpc) is 3.15. The molecule has 1 saturated carbocycles. The van der Waals surface area contributed by atoms with E-state index in [0.29, 0.717) is 11.5 Å². The standard InChI is InChI=1S/C13H15NO5S/c1-19-10-4-9(14(17)18)5-11(6-10)20-8-13(2-3-13)7-12(15)16/h4-6H,2-3,7-8H2,1H3,(H,15,16). The maximum absolute atomic E-state index is 10.8. The van der Waals surface area contributed by atoms with E-state index in [-0.39, 0.29) is 17.5 Å². The molecule has 1 aromatic carbocycles. The molecule has 0 atom stereocenters. The first kappa shape index (κ1) is 14.6. The van der Waals surface area contributed by atoms with Crippen molar-refractivity contribution in [1.82, 2.24) is 0 Å². The van der Waals surface area contributed by atoms with Crippen molar-refractivity contribution in [3.63, 3.8) is 0 Å². The highest BCUT2D eigenvalue weighted by Crippen LogP contribution is 2.52. The molecular formula is C13H15NO5S. The summed E-state index contributed by atoms with van der Waals surface area (Å²) in [5.41, 5.74) is -0.163. The van der Waals surface area contributed by atoms with E-state index in [4.69, 9.17) is 9.84 Å². The Balaban J connectivity index is 2.07. The fraction of sp³-hybridized carbons (Fsp3) is 0.462. The number of rotatable bonds is 7. The molecule has 0 amide bonds. The third-order valence-electron chi connectivity index (χ3n) is 3.34. The molecule has 7 heteroatoms. The molecule has 0 saturated heterocycles. The van der Waals surface area contributed by atoms with Gasteiger partial charge < -0.3 is 9.84 Å². The Hall–Kier alpha value is -1.76. The largest absolute Gasteiger partial charge is 0.496 e. The summed E-state index contributed by atoms with van der Waals surface area (Å²) in [4.78, 5) is 21.9. The van der Waals surface area contributed by atoms with Gasteiger partial charge in [0.25, 0.3) is 5.69 Å². The lowest BCUT2D eigenvalue weighted by Crippen LogP contribution is -2.10. The smallest absolute Gasteiger partial charge is 0.303 e. The number of ether oxygens (including phenoxy) is 1. The SMILES string of the molecule is COc1cc(SCC2(CC(=O)O)CC2)cc([N+](=O)[O-])c1. The predicted octanol–water partition coefficient (Wildman–Crippen LogP) is 2.95. The number of nitro benzene ring substituents is 1. The lowest BCUT2D eigenvalue weighted by Gasteiger charge is -2.12. The maximum Gasteiger partial charge on any atom is 0.303 e. The van der Waals surface area contributed by atoms with Crippen LogP contribution < -0.4 is 4.74 Å². The maximum atomic E-state index is 10.8. The average molecular weight is 297 g/mol. The van der Waals surface area contributed by atoms with Gasteiger partial charge in [0.15, 0.2) is 0 Å². The van der Waals surface area contributed by atoms with Crippen molar-refractivity contribution >= 4 is 23.4 Å². The van der Waals surface area contributed by atoms with Crippen LogP contribution in [0.25, 0.3) is 0 Å². The number of carboxylic acid groups (broad SMARTS) is 1. The second-order valence-electron chi connectivity index (χ2n) is 4.98. The van der Waals surface area contributed by atoms with Crippen molar-refractivity contribution in [2.45, 2.75) is 24.2 Å². The molecule has 1 fully saturated rings. The van der Waals surface area contributed by atoms with E-state index in [2.05, 4.69) is 0 Å². The van der Waals surface area contributed by atoms with Gasteiger partial charge in [-0.25, -0.2) is 0 Å². The number of aliphatic carboxylic acids is 1. The Labute approximate surface area is 120 Å². The van der Waals surface area contributed by atoms with Crippen LogP contribution in [-0.4, -0.2) is 28.9 Å². The first-order valence-electron chi connectivity index (χ1n) is 6.12. The van der Waals surface area contributed by atoms with E-state index in [9.17, 15) is 14.9 Å². The number of methoxy groups -OCH3 is 1. The van der Waals surface area contributed by atoms with Crippen LogP contribution in [0.2, 0.25) is 0 Å². The number of hydrogen-bond acceptors (Lipinski definition) is 5. The number of carbonyl (C=O) groups is 1. The molecule has 0 aromatic heterocycles. The van der Waals surface area contributed by atoms with Crippen LogP contribution in [0.4, 0.5) is 5.69 Å². The third kappa shape index (κ3) is 3.63. The van der Waals surface area contributed by atoms with Crippen LogP contribution in [0.15, 0.2) is 23.1 Å². The van der Waals surface area contributed by atoms with Crippen LogP contribution >= 0.6 is 11.8 Å². The molecule has 1 aromatic rings. The summed E-state index contributed by atoms with van der Waals surface area (Å²) in [6.07, 6.45) is 1.96. The number of hydrogen-bond donors (Lipinski definition) is 1. The third-order valence-corrected chi connectivity index (χ3v) is 4.67. The van der Waals surface area contributed by atoms with Gasteiger partial charge in [-0.15, -0.1) is 11.8 Å². The molecule has 1 aliphatic rings. The Kier molecular flexibility index (Phi) is 4.17. The molecule has 6 nitrogen and oxygen atoms in total. The summed E-state index contributed by atoms with van der Waals surface area (Å²) in [5, 5.41) is 19.7. The lowest BCUT2D eigenvalue weighted by molar-refractivity contribution is -0.385. The van der Waals surface area contributed by atoms with Crippen LogP contribution in [0, 0.1) is 15.5 Å². The van der Waals surface area contributed by atoms with Crippen LogP contribution in [0.1, 0.15) is 19.3 Å². The zero-order valence-corrected chi connectivity index (χ0v) is 11.8. The molecular weight excluding hydrogens is 282 g/mol. The minimum Gasteiger partial charge on any atom is -0.496 e. The van der Waals surface area contributed by atoms with Crippen molar-refractivity contribution in [2.75, 3.05) is 12.9 Å². The van der Waals surface area contributed by atoms with Gasteiger partial charge in [-0.3, -0.25) is 14.9 Å². The van der Waals surface area contributed by atoms with E-state index < -0.39 is 10.9 Å². The fourth-order valence-electron chi connectivity index (χ4n) is 1.97. The van der Waals surface area contributed by atoms with Gasteiger partial charge in [0.1, 0.15) is 5.75 Å². The van der Waals surface area contributed by atoms with Crippen LogP contribution in [-0.2, 0) is 4.79 Å². The fourth-order valence-corrected chi connectivity index (χ4v) is 3.24. The first-order chi connectivity index (χ1) is 9.44. The zero-order valence-electron chi connectivity index (χ0n) is 11.0. The van der Waals surface area contributed by atoms with Crippen LogP contribution in [0.5, 0.6) is 5.75 Å². The Bertz CT molecular complexity index is 542. The predicted molar refractivity (Wildman–Crippen MR) is 74.3 cm³/mol. The normalized spacial score (nSPS) is 15.7. The molecule has 2 rings (SSSR count). The molecule has 20 heavy (non-hydrogen) atoms. The summed E-state index contributed by atoms with van der Waals surface area (Å²) in [7, 11) is 1.46. The summed E-state index contributed by atoms with van der Waals surface area (Å²) in [5.74, 6) is 0.299. The number of carboxylic acids is 1. The highest BCUT2D eigenvalue weighted by atomic mass is 32.2. The van der Waals surface area contributed by atoms with Crippen molar-refractivity contribution in [3.8, 4) is 5.75 Å². The van der Waals surface area contributed by atoms with Gasteiger partial charge in [0.05, 0.1) is 24.5 Å². The minimum absolute atomic E-state index is 0.0186. The second-order valence-corrected chi connectivity index (χ2v) is 6.03. The molecule has 0 aliphatic heterocycles. The van der Waals surface area contributed by atoms with Crippen molar-refractivity contribution < 1.29 is 19.6 Å². The molecule has 0 bridgehead atoms. The summed E-state index contributed by atoms with van der Waals surface area (Å²) >= 11 is 1.45. The molecule has 0 unspecified atom stereocenters. The molecule has 108 valence electrons. The van der Waals surface area contributed by atoms with Gasteiger partial charge in [-0.1, -0.05) is 0 Å². The molecule has 1 N–H and O–H groups in total. The van der Waals surface area contributed by atoms with Gasteiger partial charge in [-0.2, -0.15) is 0 Å². The second kappa shape index (κ2) is 5.70. The number of nitrogens with zero attached hydrogens (tertiary/aromatic N) is 1. The Morgan fingerprint density at radius 1 is 1.50 bits per heavy atom. The minimum atomic E-state index is -0.792. The Morgan fingerprint density at radius 3 is 2.70 bits per heavy atom. The van der Waals surface area contributed by atoms with Crippen LogP contribution in [0.3, 0.4) is 0 Å². The highest BCUT2D eigenvalue weighted by Gasteiger charge is 2.44.